The van der Waals surface area contributed by atoms with Crippen LogP contribution >= 0.6 is 0 Å². The van der Waals surface area contributed by atoms with Crippen LogP contribution in [0.2, 0.25) is 0 Å². The van der Waals surface area contributed by atoms with Crippen molar-refractivity contribution in [3.8, 4) is 11.8 Å². The summed E-state index contributed by atoms with van der Waals surface area (Å²) >= 11 is 0. The van der Waals surface area contributed by atoms with E-state index in [2.05, 4.69) is 88.1 Å². The minimum absolute atomic E-state index is 0.0410. The fraction of sp³-hybridized carbons (Fsp3) is 0.364. The van der Waals surface area contributed by atoms with Crippen molar-refractivity contribution in [3.05, 3.63) is 60.2 Å². The van der Waals surface area contributed by atoms with Crippen molar-refractivity contribution in [1.29, 1.82) is 0 Å². The predicted molar refractivity (Wildman–Crippen MR) is 101 cm³/mol. The van der Waals surface area contributed by atoms with Crippen molar-refractivity contribution in [2.24, 2.45) is 11.1 Å². The number of nitrogens with two attached hydrogens (primary N) is 1. The fourth-order valence-electron chi connectivity index (χ4n) is 2.60. The Labute approximate surface area is 140 Å². The Morgan fingerprint density at radius 3 is 2.43 bits per heavy atom. The summed E-state index contributed by atoms with van der Waals surface area (Å²) in [4.78, 5) is 0. The molecule has 0 heterocycles. The van der Waals surface area contributed by atoms with Gasteiger partial charge in [0.2, 0.25) is 0 Å². The first kappa shape index (κ1) is 17.3. The molecule has 0 spiro atoms. The molecule has 2 aromatic rings. The van der Waals surface area contributed by atoms with E-state index in [4.69, 9.17) is 5.73 Å². The lowest BCUT2D eigenvalue weighted by Crippen LogP contribution is -2.38. The maximum absolute atomic E-state index is 6.51. The van der Waals surface area contributed by atoms with Crippen LogP contribution in [0.1, 0.15) is 39.7 Å². The zero-order valence-electron chi connectivity index (χ0n) is 14.7. The Morgan fingerprint density at radius 2 is 1.70 bits per heavy atom. The van der Waals surface area contributed by atoms with Crippen LogP contribution in [0, 0.1) is 17.3 Å². The van der Waals surface area contributed by atoms with E-state index in [1.54, 1.807) is 0 Å². The molecule has 120 valence electrons. The largest absolute Gasteiger partial charge is 0.325 e. The first-order chi connectivity index (χ1) is 10.8. The van der Waals surface area contributed by atoms with E-state index in [1.807, 2.05) is 6.08 Å². The van der Waals surface area contributed by atoms with E-state index >= 15 is 0 Å². The highest BCUT2D eigenvalue weighted by atomic mass is 14.7. The Kier molecular flexibility index (Phi) is 5.29. The van der Waals surface area contributed by atoms with Gasteiger partial charge in [-0.1, -0.05) is 60.4 Å². The van der Waals surface area contributed by atoms with Crippen molar-refractivity contribution in [3.63, 3.8) is 0 Å². The average molecular weight is 305 g/mol. The van der Waals surface area contributed by atoms with Crippen LogP contribution in [-0.2, 0) is 6.42 Å². The number of rotatable bonds is 4. The number of fused-ring (bicyclic) bond motifs is 1. The van der Waals surface area contributed by atoms with Gasteiger partial charge in [0, 0.05) is 11.0 Å². The van der Waals surface area contributed by atoms with Crippen LogP contribution < -0.4 is 5.73 Å². The van der Waals surface area contributed by atoms with Gasteiger partial charge >= 0.3 is 0 Å². The highest BCUT2D eigenvalue weighted by Crippen LogP contribution is 2.23. The highest BCUT2D eigenvalue weighted by Gasteiger charge is 2.18. The maximum atomic E-state index is 6.51. The molecular formula is C22H27N. The summed E-state index contributed by atoms with van der Waals surface area (Å²) in [7, 11) is 0. The molecule has 2 rings (SSSR count). The summed E-state index contributed by atoms with van der Waals surface area (Å²) in [5.41, 5.74) is 7.58. The molecule has 1 heteroatoms. The molecule has 0 aromatic heterocycles. The van der Waals surface area contributed by atoms with Crippen LogP contribution in [0.15, 0.2) is 54.6 Å². The lowest BCUT2D eigenvalue weighted by molar-refractivity contribution is 0.473. The molecule has 0 aliphatic carbocycles. The molecule has 0 bridgehead atoms. The topological polar surface area (TPSA) is 26.0 Å². The molecule has 2 N–H and O–H groups in total. The third-order valence-electron chi connectivity index (χ3n) is 3.71. The minimum Gasteiger partial charge on any atom is -0.325 e. The summed E-state index contributed by atoms with van der Waals surface area (Å²) in [6.07, 6.45) is 5.68. The fourth-order valence-corrected chi connectivity index (χ4v) is 2.60. The number of hydrogen-bond acceptors (Lipinski definition) is 1. The normalized spacial score (nSPS) is 14.5. The summed E-state index contributed by atoms with van der Waals surface area (Å²) < 4.78 is 0. The lowest BCUT2D eigenvalue weighted by atomic mass is 9.88. The van der Waals surface area contributed by atoms with Gasteiger partial charge in [-0.2, -0.15) is 0 Å². The second-order valence-corrected chi connectivity index (χ2v) is 7.59. The predicted octanol–water partition coefficient (Wildman–Crippen LogP) is 5.10. The summed E-state index contributed by atoms with van der Waals surface area (Å²) in [6, 6.07) is 14.9. The summed E-state index contributed by atoms with van der Waals surface area (Å²) in [6.45, 7) is 8.44. The molecule has 2 aromatic carbocycles. The first-order valence-electron chi connectivity index (χ1n) is 8.20. The third-order valence-corrected chi connectivity index (χ3v) is 3.71. The minimum atomic E-state index is -0.274. The molecule has 0 saturated heterocycles. The van der Waals surface area contributed by atoms with Gasteiger partial charge in [-0.15, -0.1) is 0 Å². The van der Waals surface area contributed by atoms with Gasteiger partial charge in [0.1, 0.15) is 0 Å². The molecule has 0 fully saturated rings. The molecule has 0 saturated carbocycles. The van der Waals surface area contributed by atoms with Crippen molar-refractivity contribution in [2.75, 3.05) is 0 Å². The van der Waals surface area contributed by atoms with Crippen LogP contribution in [0.25, 0.3) is 10.8 Å². The van der Waals surface area contributed by atoms with Crippen LogP contribution in [-0.4, -0.2) is 5.54 Å². The molecule has 1 atom stereocenters. The van der Waals surface area contributed by atoms with Crippen molar-refractivity contribution >= 4 is 10.8 Å². The van der Waals surface area contributed by atoms with Crippen molar-refractivity contribution in [1.82, 2.24) is 0 Å². The van der Waals surface area contributed by atoms with Gasteiger partial charge in [0.25, 0.3) is 0 Å². The second-order valence-electron chi connectivity index (χ2n) is 7.59. The lowest BCUT2D eigenvalue weighted by Gasteiger charge is -2.24. The Hall–Kier alpha value is -2.04. The van der Waals surface area contributed by atoms with E-state index in [9.17, 15) is 0 Å². The molecule has 23 heavy (non-hydrogen) atoms. The summed E-state index contributed by atoms with van der Waals surface area (Å²) in [5.74, 6) is 6.31. The SMILES string of the molecule is CC(C)(C)C#C/C=C/CC(C)(N)Cc1cccc2ccccc12. The van der Waals surface area contributed by atoms with Gasteiger partial charge < -0.3 is 5.73 Å². The third kappa shape index (κ3) is 5.58. The van der Waals surface area contributed by atoms with Crippen LogP contribution in [0.5, 0.6) is 0 Å². The first-order valence-corrected chi connectivity index (χ1v) is 8.20. The maximum Gasteiger partial charge on any atom is 0.0233 e. The molecule has 0 amide bonds. The molecule has 0 aliphatic heterocycles. The standard InChI is InChI=1S/C22H27N/c1-21(2,3)15-8-5-9-16-22(4,23)17-19-13-10-12-18-11-6-7-14-20(18)19/h5-7,9-14H,16-17,23H2,1-4H3/b9-5+. The number of benzene rings is 2. The van der Waals surface area contributed by atoms with E-state index < -0.39 is 0 Å². The van der Waals surface area contributed by atoms with E-state index in [-0.39, 0.29) is 11.0 Å². The number of hydrogen-bond donors (Lipinski definition) is 1. The zero-order valence-corrected chi connectivity index (χ0v) is 14.7. The van der Waals surface area contributed by atoms with E-state index in [0.29, 0.717) is 0 Å². The Bertz CT molecular complexity index is 743. The van der Waals surface area contributed by atoms with E-state index in [0.717, 1.165) is 12.8 Å². The van der Waals surface area contributed by atoms with Gasteiger partial charge in [-0.25, -0.2) is 0 Å². The highest BCUT2D eigenvalue weighted by molar-refractivity contribution is 5.85. The molecular weight excluding hydrogens is 278 g/mol. The molecule has 0 radical (unpaired) electrons. The quantitative estimate of drug-likeness (QED) is 0.782. The van der Waals surface area contributed by atoms with Crippen LogP contribution in [0.3, 0.4) is 0 Å². The van der Waals surface area contributed by atoms with Gasteiger partial charge in [-0.05, 0) is 62.9 Å². The summed E-state index contributed by atoms with van der Waals surface area (Å²) in [5, 5.41) is 2.57. The second kappa shape index (κ2) is 7.02. The molecule has 0 aliphatic rings. The van der Waals surface area contributed by atoms with Crippen molar-refractivity contribution in [2.45, 2.75) is 46.1 Å². The Balaban J connectivity index is 2.08. The van der Waals surface area contributed by atoms with Crippen LogP contribution in [0.4, 0.5) is 0 Å². The smallest absolute Gasteiger partial charge is 0.0233 e. The number of allylic oxidation sites excluding steroid dienone is 1. The zero-order chi connectivity index (χ0) is 16.9. The monoisotopic (exact) mass is 305 g/mol. The molecule has 1 unspecified atom stereocenters. The van der Waals surface area contributed by atoms with E-state index in [1.165, 1.54) is 16.3 Å². The van der Waals surface area contributed by atoms with Gasteiger partial charge in [-0.3, -0.25) is 0 Å². The molecule has 1 nitrogen and oxygen atoms in total. The van der Waals surface area contributed by atoms with Gasteiger partial charge in [0.05, 0.1) is 0 Å². The Morgan fingerprint density at radius 1 is 1.00 bits per heavy atom. The average Bonchev–Trinajstić information content (AvgIpc) is 2.45. The van der Waals surface area contributed by atoms with Gasteiger partial charge in [0.15, 0.2) is 0 Å². The van der Waals surface area contributed by atoms with Crippen molar-refractivity contribution < 1.29 is 0 Å².